The lowest BCUT2D eigenvalue weighted by molar-refractivity contribution is 0.102. The van der Waals surface area contributed by atoms with Gasteiger partial charge in [0.1, 0.15) is 5.82 Å². The van der Waals surface area contributed by atoms with Gasteiger partial charge in [-0.05, 0) is 42.7 Å². The van der Waals surface area contributed by atoms with Gasteiger partial charge in [-0.2, -0.15) is 10.4 Å². The van der Waals surface area contributed by atoms with E-state index in [2.05, 4.69) is 11.4 Å². The van der Waals surface area contributed by atoms with Crippen LogP contribution >= 0.6 is 0 Å². The van der Waals surface area contributed by atoms with E-state index in [9.17, 15) is 4.79 Å². The van der Waals surface area contributed by atoms with Gasteiger partial charge in [-0.3, -0.25) is 4.79 Å². The van der Waals surface area contributed by atoms with Crippen LogP contribution in [-0.2, 0) is 6.42 Å². The molecule has 3 aromatic rings. The van der Waals surface area contributed by atoms with Crippen molar-refractivity contribution in [3.63, 3.8) is 0 Å². The van der Waals surface area contributed by atoms with Crippen LogP contribution in [0.1, 0.15) is 53.2 Å². The number of carbonyl (C=O) groups is 1. The first-order valence-electron chi connectivity index (χ1n) is 9.67. The monoisotopic (exact) mass is 370 g/mol. The number of aromatic nitrogens is 2. The Kier molecular flexibility index (Phi) is 5.20. The topological polar surface area (TPSA) is 70.7 Å². The van der Waals surface area contributed by atoms with Gasteiger partial charge in [-0.25, -0.2) is 4.68 Å². The Hall–Kier alpha value is -3.39. The zero-order valence-corrected chi connectivity index (χ0v) is 15.6. The maximum atomic E-state index is 12.8. The first-order valence-corrected chi connectivity index (χ1v) is 9.67. The van der Waals surface area contributed by atoms with Gasteiger partial charge in [-0.1, -0.05) is 43.2 Å². The summed E-state index contributed by atoms with van der Waals surface area (Å²) in [5.41, 5.74) is 3.32. The van der Waals surface area contributed by atoms with Crippen molar-refractivity contribution in [3.05, 3.63) is 77.5 Å². The molecule has 0 bridgehead atoms. The van der Waals surface area contributed by atoms with Crippen molar-refractivity contribution >= 4 is 11.7 Å². The maximum Gasteiger partial charge on any atom is 0.256 e. The zero-order valence-electron chi connectivity index (χ0n) is 15.6. The van der Waals surface area contributed by atoms with Gasteiger partial charge < -0.3 is 5.32 Å². The third kappa shape index (κ3) is 3.81. The molecular formula is C23H22N4O. The van der Waals surface area contributed by atoms with Crippen LogP contribution in [-0.4, -0.2) is 15.7 Å². The summed E-state index contributed by atoms with van der Waals surface area (Å²) in [7, 11) is 0. The molecule has 1 aliphatic carbocycles. The Morgan fingerprint density at radius 2 is 1.89 bits per heavy atom. The molecule has 0 radical (unpaired) electrons. The Bertz CT molecular complexity index is 1010. The highest BCUT2D eigenvalue weighted by molar-refractivity contribution is 6.04. The Morgan fingerprint density at radius 1 is 1.11 bits per heavy atom. The minimum absolute atomic E-state index is 0.199. The Balaban J connectivity index is 1.65. The van der Waals surface area contributed by atoms with Crippen molar-refractivity contribution in [2.75, 3.05) is 5.32 Å². The predicted octanol–water partition coefficient (Wildman–Crippen LogP) is 4.85. The second-order valence-corrected chi connectivity index (χ2v) is 7.17. The number of para-hydroxylation sites is 1. The standard InChI is InChI=1S/C23H22N4O/c24-14-13-17-7-6-10-19(15-17)23(28)25-22-16-21(18-8-4-5-9-18)26-27(22)20-11-2-1-3-12-20/h1-3,6-7,10-12,15-16,18H,4-5,8-9,13H2,(H,25,28). The van der Waals surface area contributed by atoms with Crippen LogP contribution in [0.2, 0.25) is 0 Å². The summed E-state index contributed by atoms with van der Waals surface area (Å²) in [5, 5.41) is 16.7. The minimum Gasteiger partial charge on any atom is -0.306 e. The van der Waals surface area contributed by atoms with Gasteiger partial charge in [0.15, 0.2) is 0 Å². The molecule has 4 rings (SSSR count). The highest BCUT2D eigenvalue weighted by Crippen LogP contribution is 2.35. The third-order valence-corrected chi connectivity index (χ3v) is 5.22. The molecule has 1 N–H and O–H groups in total. The summed E-state index contributed by atoms with van der Waals surface area (Å²) in [4.78, 5) is 12.8. The molecule has 1 amide bonds. The number of nitriles is 1. The minimum atomic E-state index is -0.199. The summed E-state index contributed by atoms with van der Waals surface area (Å²) in [6.45, 7) is 0. The lowest BCUT2D eigenvalue weighted by Gasteiger charge is -2.09. The van der Waals surface area contributed by atoms with Crippen LogP contribution in [0.3, 0.4) is 0 Å². The Morgan fingerprint density at radius 3 is 2.64 bits per heavy atom. The van der Waals surface area contributed by atoms with E-state index in [1.807, 2.05) is 47.1 Å². The van der Waals surface area contributed by atoms with E-state index in [1.165, 1.54) is 12.8 Å². The fraction of sp³-hybridized carbons (Fsp3) is 0.261. The van der Waals surface area contributed by atoms with Gasteiger partial charge >= 0.3 is 0 Å². The van der Waals surface area contributed by atoms with E-state index >= 15 is 0 Å². The summed E-state index contributed by atoms with van der Waals surface area (Å²) >= 11 is 0. The molecule has 0 aliphatic heterocycles. The normalized spacial score (nSPS) is 14.0. The van der Waals surface area contributed by atoms with Crippen LogP contribution < -0.4 is 5.32 Å². The van der Waals surface area contributed by atoms with Crippen LogP contribution in [0.5, 0.6) is 0 Å². The van der Waals surface area contributed by atoms with E-state index < -0.39 is 0 Å². The maximum absolute atomic E-state index is 12.8. The van der Waals surface area contributed by atoms with Crippen molar-refractivity contribution in [2.24, 2.45) is 0 Å². The first kappa shape index (κ1) is 18.0. The highest BCUT2D eigenvalue weighted by atomic mass is 16.1. The Labute approximate surface area is 164 Å². The number of nitrogens with one attached hydrogen (secondary N) is 1. The van der Waals surface area contributed by atoms with Crippen LogP contribution in [0.4, 0.5) is 5.82 Å². The number of rotatable bonds is 5. The van der Waals surface area contributed by atoms with Gasteiger partial charge in [0, 0.05) is 17.5 Å². The molecule has 0 spiro atoms. The van der Waals surface area contributed by atoms with Gasteiger partial charge in [-0.15, -0.1) is 0 Å². The fourth-order valence-electron chi connectivity index (χ4n) is 3.78. The quantitative estimate of drug-likeness (QED) is 0.698. The molecule has 5 nitrogen and oxygen atoms in total. The molecule has 0 atom stereocenters. The fourth-order valence-corrected chi connectivity index (χ4v) is 3.78. The van der Waals surface area contributed by atoms with Crippen molar-refractivity contribution in [1.82, 2.24) is 9.78 Å². The van der Waals surface area contributed by atoms with Crippen molar-refractivity contribution in [1.29, 1.82) is 5.26 Å². The van der Waals surface area contributed by atoms with Crippen molar-refractivity contribution in [2.45, 2.75) is 38.0 Å². The van der Waals surface area contributed by atoms with Gasteiger partial charge in [0.25, 0.3) is 5.91 Å². The van der Waals surface area contributed by atoms with E-state index in [0.29, 0.717) is 17.3 Å². The molecule has 0 saturated heterocycles. The third-order valence-electron chi connectivity index (χ3n) is 5.22. The summed E-state index contributed by atoms with van der Waals surface area (Å²) in [5.74, 6) is 0.929. The molecular weight excluding hydrogens is 348 g/mol. The lowest BCUT2D eigenvalue weighted by atomic mass is 10.0. The largest absolute Gasteiger partial charge is 0.306 e. The summed E-state index contributed by atoms with van der Waals surface area (Å²) < 4.78 is 1.81. The second-order valence-electron chi connectivity index (χ2n) is 7.17. The summed E-state index contributed by atoms with van der Waals surface area (Å²) in [6, 6.07) is 21.1. The van der Waals surface area contributed by atoms with Gasteiger partial charge in [0.05, 0.1) is 23.9 Å². The van der Waals surface area contributed by atoms with Crippen molar-refractivity contribution < 1.29 is 4.79 Å². The smallest absolute Gasteiger partial charge is 0.256 e. The molecule has 2 aromatic carbocycles. The number of benzene rings is 2. The molecule has 140 valence electrons. The number of hydrogen-bond acceptors (Lipinski definition) is 3. The molecule has 1 fully saturated rings. The van der Waals surface area contributed by atoms with Crippen molar-refractivity contribution in [3.8, 4) is 11.8 Å². The average molecular weight is 370 g/mol. The predicted molar refractivity (Wildman–Crippen MR) is 108 cm³/mol. The van der Waals surface area contributed by atoms with Crippen LogP contribution in [0, 0.1) is 11.3 Å². The van der Waals surface area contributed by atoms with E-state index in [0.717, 1.165) is 29.8 Å². The van der Waals surface area contributed by atoms with Crippen LogP contribution in [0.25, 0.3) is 5.69 Å². The number of carbonyl (C=O) groups excluding carboxylic acids is 1. The second kappa shape index (κ2) is 8.10. The van der Waals surface area contributed by atoms with E-state index in [1.54, 1.807) is 18.2 Å². The van der Waals surface area contributed by atoms with Gasteiger partial charge in [0.2, 0.25) is 0 Å². The molecule has 1 aromatic heterocycles. The number of nitrogens with zero attached hydrogens (tertiary/aromatic N) is 3. The van der Waals surface area contributed by atoms with E-state index in [4.69, 9.17) is 10.4 Å². The lowest BCUT2D eigenvalue weighted by Crippen LogP contribution is -2.15. The molecule has 28 heavy (non-hydrogen) atoms. The van der Waals surface area contributed by atoms with Crippen LogP contribution in [0.15, 0.2) is 60.7 Å². The highest BCUT2D eigenvalue weighted by Gasteiger charge is 2.22. The average Bonchev–Trinajstić information content (AvgIpc) is 3.39. The molecule has 0 unspecified atom stereocenters. The molecule has 5 heteroatoms. The van der Waals surface area contributed by atoms with E-state index in [-0.39, 0.29) is 12.3 Å². The first-order chi connectivity index (χ1) is 13.7. The zero-order chi connectivity index (χ0) is 19.3. The molecule has 1 saturated carbocycles. The summed E-state index contributed by atoms with van der Waals surface area (Å²) in [6.07, 6.45) is 5.05. The molecule has 1 aliphatic rings. The number of anilines is 1. The number of amides is 1. The SMILES string of the molecule is N#CCc1cccc(C(=O)Nc2cc(C3CCCC3)nn2-c2ccccc2)c1. The molecule has 1 heterocycles. The number of hydrogen-bond donors (Lipinski definition) is 1.